The number of carbonyl (C=O) groups is 1. The molecule has 0 saturated heterocycles. The highest BCUT2D eigenvalue weighted by atomic mass is 32.2. The monoisotopic (exact) mass is 1200 g/mol. The standard InChI is InChI=1S/C52H52N10O13S3.O3S/c1-31-24-44(32(2)23-43(31)57-56-42-17-13-36-27-38(14-16-40(36)52(42)64)54-37-11-7-6-8-12-37)58-61-47-26-34(4)46(30-50(47)75-20-10-22-77(68,69)70)60-62-48-25-33(3)45(29-49(48)74-19-9-21-76(65,66)67)59-55-41-18-15-39(53-35(5)63)28-51(41)78(71,72)73;1-4(2)3/h6-8,11-18,23-30,54,64H,9-10,19-22H2,1-5H3,(H,53,63)(H,65,66,67)(H,68,69,70)(H,71,72,73);. The van der Waals surface area contributed by atoms with Crippen LogP contribution in [0.5, 0.6) is 17.2 Å². The molecule has 82 heavy (non-hydrogen) atoms. The largest absolute Gasteiger partial charge is 0.505 e. The Hall–Kier alpha value is -8.78. The molecule has 0 unspecified atom stereocenters. The number of hydrogen-bond acceptors (Lipinski definition) is 22. The van der Waals surface area contributed by atoms with Gasteiger partial charge >= 0.3 is 10.6 Å². The lowest BCUT2D eigenvalue weighted by atomic mass is 10.1. The summed E-state index contributed by atoms with van der Waals surface area (Å²) in [6.07, 6.45) is -0.215. The topological polar surface area (TPSA) is 393 Å². The van der Waals surface area contributed by atoms with Crippen LogP contribution in [0.4, 0.5) is 62.6 Å². The number of hydrogen-bond donors (Lipinski definition) is 6. The molecule has 7 rings (SSSR count). The number of benzene rings is 7. The van der Waals surface area contributed by atoms with Gasteiger partial charge in [0.05, 0.1) is 47.5 Å². The van der Waals surface area contributed by atoms with Crippen molar-refractivity contribution < 1.29 is 70.9 Å². The van der Waals surface area contributed by atoms with Crippen LogP contribution in [0.2, 0.25) is 0 Å². The maximum absolute atomic E-state index is 12.3. The number of ether oxygens (including phenoxy) is 2. The maximum atomic E-state index is 12.3. The zero-order chi connectivity index (χ0) is 59.9. The number of azo groups is 4. The summed E-state index contributed by atoms with van der Waals surface area (Å²) < 4.78 is 136. The first-order valence-electron chi connectivity index (χ1n) is 24.1. The molecule has 0 radical (unpaired) electrons. The van der Waals surface area contributed by atoms with E-state index in [1.54, 1.807) is 45.0 Å². The molecule has 7 aromatic rings. The Kier molecular flexibility index (Phi) is 21.0. The molecular formula is C52H52N10O16S4. The fraction of sp³-hybridized carbons (Fsp3) is 0.212. The first-order valence-corrected chi connectivity index (χ1v) is 29.8. The Morgan fingerprint density at radius 1 is 0.500 bits per heavy atom. The average molecular weight is 1200 g/mol. The number of nitrogens with zero attached hydrogens (tertiary/aromatic N) is 8. The van der Waals surface area contributed by atoms with Crippen molar-refractivity contribution in [3.8, 4) is 17.2 Å². The zero-order valence-electron chi connectivity index (χ0n) is 44.1. The Bertz CT molecular complexity index is 4140. The molecule has 0 aromatic heterocycles. The highest BCUT2D eigenvalue weighted by Gasteiger charge is 2.19. The summed E-state index contributed by atoms with van der Waals surface area (Å²) in [5, 5.41) is 53.2. The van der Waals surface area contributed by atoms with Crippen molar-refractivity contribution >= 4 is 120 Å². The molecule has 0 spiro atoms. The van der Waals surface area contributed by atoms with Crippen LogP contribution < -0.4 is 20.1 Å². The van der Waals surface area contributed by atoms with Crippen LogP contribution in [0.1, 0.15) is 42.0 Å². The second-order valence-corrected chi connectivity index (χ2v) is 22.8. The lowest BCUT2D eigenvalue weighted by Gasteiger charge is -2.12. The van der Waals surface area contributed by atoms with Gasteiger partial charge in [-0.25, -0.2) is 0 Å². The van der Waals surface area contributed by atoms with Gasteiger partial charge < -0.3 is 25.2 Å². The van der Waals surface area contributed by atoms with Gasteiger partial charge in [-0.15, -0.1) is 33.1 Å². The first kappa shape index (κ1) is 62.4. The van der Waals surface area contributed by atoms with E-state index in [0.717, 1.165) is 22.8 Å². The second kappa shape index (κ2) is 27.6. The summed E-state index contributed by atoms with van der Waals surface area (Å²) in [6, 6.07) is 32.0. The number of amides is 1. The van der Waals surface area contributed by atoms with Gasteiger partial charge in [0.15, 0.2) is 5.75 Å². The number of anilines is 3. The van der Waals surface area contributed by atoms with Gasteiger partial charge in [-0.05, 0) is 147 Å². The van der Waals surface area contributed by atoms with E-state index in [4.69, 9.17) is 22.1 Å². The van der Waals surface area contributed by atoms with Crippen LogP contribution in [0.15, 0.2) is 161 Å². The third kappa shape index (κ3) is 18.9. The van der Waals surface area contributed by atoms with Crippen molar-refractivity contribution in [1.82, 2.24) is 0 Å². The van der Waals surface area contributed by atoms with Gasteiger partial charge in [-0.2, -0.15) is 45.7 Å². The number of phenolic OH excluding ortho intramolecular Hbond substituents is 1. The summed E-state index contributed by atoms with van der Waals surface area (Å²) in [7, 11) is -16.6. The van der Waals surface area contributed by atoms with Crippen LogP contribution in [-0.4, -0.2) is 87.3 Å². The SMILES string of the molecule is CC(=O)Nc1ccc(N=Nc2cc(OCCCS(=O)(=O)O)c(N=Nc3cc(OCCCS(=O)(=O)O)c(N=Nc4cc(C)c(N=Nc5ccc6cc(Nc7ccccc7)ccc6c5O)cc4C)cc3C)cc2C)c(S(=O)(=O)O)c1.O=S(=O)=O. The van der Waals surface area contributed by atoms with Crippen LogP contribution in [-0.2, 0) is 45.8 Å². The second-order valence-electron chi connectivity index (χ2n) is 17.8. The van der Waals surface area contributed by atoms with Crippen LogP contribution in [0.3, 0.4) is 0 Å². The zero-order valence-corrected chi connectivity index (χ0v) is 47.4. The molecule has 1 amide bonds. The van der Waals surface area contributed by atoms with E-state index in [1.807, 2.05) is 61.5 Å². The van der Waals surface area contributed by atoms with Gasteiger partial charge in [-0.1, -0.05) is 24.3 Å². The fourth-order valence-electron chi connectivity index (χ4n) is 7.44. The van der Waals surface area contributed by atoms with E-state index in [-0.39, 0.29) is 83.1 Å². The predicted octanol–water partition coefficient (Wildman–Crippen LogP) is 12.7. The molecule has 7 aromatic carbocycles. The normalized spacial score (nSPS) is 12.0. The van der Waals surface area contributed by atoms with Crippen LogP contribution in [0, 0.1) is 27.7 Å². The lowest BCUT2D eigenvalue weighted by Crippen LogP contribution is -2.08. The molecule has 0 heterocycles. The molecule has 26 nitrogen and oxygen atoms in total. The molecule has 0 aliphatic rings. The van der Waals surface area contributed by atoms with E-state index >= 15 is 0 Å². The molecule has 0 aliphatic carbocycles. The first-order chi connectivity index (χ1) is 38.6. The summed E-state index contributed by atoms with van der Waals surface area (Å²) >= 11 is 0. The minimum Gasteiger partial charge on any atom is -0.505 e. The molecule has 0 aliphatic heterocycles. The molecular weight excluding hydrogens is 1150 g/mol. The molecule has 430 valence electrons. The van der Waals surface area contributed by atoms with Gasteiger partial charge in [0.1, 0.15) is 39.1 Å². The van der Waals surface area contributed by atoms with Crippen molar-refractivity contribution in [3.63, 3.8) is 0 Å². The number of aryl methyl sites for hydroxylation is 4. The van der Waals surface area contributed by atoms with Crippen molar-refractivity contribution in [1.29, 1.82) is 0 Å². The third-order valence-electron chi connectivity index (χ3n) is 11.3. The number of para-hydroxylation sites is 1. The summed E-state index contributed by atoms with van der Waals surface area (Å²) in [4.78, 5) is 10.9. The molecule has 0 bridgehead atoms. The van der Waals surface area contributed by atoms with E-state index in [1.165, 1.54) is 37.3 Å². The Labute approximate surface area is 472 Å². The van der Waals surface area contributed by atoms with E-state index < -0.39 is 63.3 Å². The minimum atomic E-state index is -4.84. The summed E-state index contributed by atoms with van der Waals surface area (Å²) in [5.74, 6) is -1.56. The molecule has 0 fully saturated rings. The van der Waals surface area contributed by atoms with Crippen LogP contribution >= 0.6 is 0 Å². The van der Waals surface area contributed by atoms with Gasteiger partial charge in [0.25, 0.3) is 30.4 Å². The predicted molar refractivity (Wildman–Crippen MR) is 304 cm³/mol. The molecule has 0 saturated carbocycles. The van der Waals surface area contributed by atoms with Crippen molar-refractivity contribution in [2.45, 2.75) is 52.4 Å². The summed E-state index contributed by atoms with van der Waals surface area (Å²) in [6.45, 7) is 7.79. The highest BCUT2D eigenvalue weighted by molar-refractivity contribution is 7.86. The average Bonchev–Trinajstić information content (AvgIpc) is 3.57. The number of nitrogens with one attached hydrogen (secondary N) is 2. The summed E-state index contributed by atoms with van der Waals surface area (Å²) in [5.41, 5.74) is 5.90. The highest BCUT2D eigenvalue weighted by Crippen LogP contribution is 2.42. The smallest absolute Gasteiger partial charge is 0.425 e. The molecule has 6 N–H and O–H groups in total. The Morgan fingerprint density at radius 3 is 1.38 bits per heavy atom. The van der Waals surface area contributed by atoms with Gasteiger partial charge in [-0.3, -0.25) is 18.5 Å². The maximum Gasteiger partial charge on any atom is 0.425 e. The molecule has 30 heteroatoms. The number of aromatic hydroxyl groups is 1. The van der Waals surface area contributed by atoms with Crippen molar-refractivity contribution in [2.24, 2.45) is 40.9 Å². The number of phenols is 1. The molecule has 0 atom stereocenters. The van der Waals surface area contributed by atoms with Gasteiger partial charge in [0, 0.05) is 41.5 Å². The third-order valence-corrected chi connectivity index (χ3v) is 13.8. The quantitative estimate of drug-likeness (QED) is 0.0208. The van der Waals surface area contributed by atoms with E-state index in [9.17, 15) is 48.8 Å². The van der Waals surface area contributed by atoms with Crippen molar-refractivity contribution in [3.05, 3.63) is 138 Å². The van der Waals surface area contributed by atoms with Crippen molar-refractivity contribution in [2.75, 3.05) is 35.4 Å². The number of fused-ring (bicyclic) bond motifs is 1. The van der Waals surface area contributed by atoms with Crippen LogP contribution in [0.25, 0.3) is 10.8 Å². The minimum absolute atomic E-state index is 0.0192. The Balaban J connectivity index is 0.00000261. The van der Waals surface area contributed by atoms with Gasteiger partial charge in [0.2, 0.25) is 5.91 Å². The number of carbonyl (C=O) groups excluding carboxylic acids is 1. The van der Waals surface area contributed by atoms with E-state index in [2.05, 4.69) is 51.5 Å². The van der Waals surface area contributed by atoms with E-state index in [0.29, 0.717) is 39.0 Å². The number of rotatable bonds is 22. The Morgan fingerprint density at radius 2 is 0.915 bits per heavy atom. The lowest BCUT2D eigenvalue weighted by molar-refractivity contribution is -0.114. The fourth-order valence-corrected chi connectivity index (χ4v) is 9.05.